The lowest BCUT2D eigenvalue weighted by Crippen LogP contribution is -2.28. The van der Waals surface area contributed by atoms with Crippen LogP contribution in [0.2, 0.25) is 5.02 Å². The highest BCUT2D eigenvalue weighted by Crippen LogP contribution is 2.23. The Morgan fingerprint density at radius 3 is 2.88 bits per heavy atom. The average Bonchev–Trinajstić information content (AvgIpc) is 3.19. The Bertz CT molecular complexity index is 924. The van der Waals surface area contributed by atoms with Crippen LogP contribution in [0.3, 0.4) is 0 Å². The largest absolute Gasteiger partial charge is 0.336 e. The number of nitrogens with zero attached hydrogens (tertiary/aromatic N) is 3. The van der Waals surface area contributed by atoms with E-state index >= 15 is 0 Å². The van der Waals surface area contributed by atoms with Crippen molar-refractivity contribution in [3.05, 3.63) is 59.4 Å². The molecule has 0 N–H and O–H groups in total. The summed E-state index contributed by atoms with van der Waals surface area (Å²) in [6.07, 6.45) is 1.20. The van der Waals surface area contributed by atoms with Crippen LogP contribution in [-0.4, -0.2) is 39.6 Å². The first kappa shape index (κ1) is 15.1. The van der Waals surface area contributed by atoms with Crippen LogP contribution in [-0.2, 0) is 0 Å². The van der Waals surface area contributed by atoms with Crippen LogP contribution >= 0.6 is 11.6 Å². The Morgan fingerprint density at radius 2 is 2.12 bits per heavy atom. The van der Waals surface area contributed by atoms with Crippen molar-refractivity contribution in [2.75, 3.05) is 13.1 Å². The van der Waals surface area contributed by atoms with Crippen molar-refractivity contribution in [1.82, 2.24) is 14.5 Å². The van der Waals surface area contributed by atoms with Gasteiger partial charge in [0.05, 0.1) is 17.6 Å². The highest BCUT2D eigenvalue weighted by Gasteiger charge is 2.26. The number of halogens is 2. The zero-order valence-electron chi connectivity index (χ0n) is 12.8. The molecule has 0 spiro atoms. The molecule has 2 aromatic carbocycles. The van der Waals surface area contributed by atoms with Crippen LogP contribution in [0.1, 0.15) is 16.8 Å². The van der Waals surface area contributed by atoms with Crippen molar-refractivity contribution < 1.29 is 9.18 Å². The second kappa shape index (κ2) is 5.91. The molecule has 0 saturated carbocycles. The van der Waals surface area contributed by atoms with E-state index in [9.17, 15) is 9.18 Å². The lowest BCUT2D eigenvalue weighted by molar-refractivity contribution is 0.0783. The molecule has 4 rings (SSSR count). The molecule has 3 aromatic rings. The highest BCUT2D eigenvalue weighted by molar-refractivity contribution is 6.30. The van der Waals surface area contributed by atoms with E-state index in [1.165, 1.54) is 0 Å². The Hall–Kier alpha value is -2.40. The van der Waals surface area contributed by atoms with Gasteiger partial charge < -0.3 is 4.90 Å². The number of carbonyl (C=O) groups excluding carboxylic acids is 1. The first-order valence-electron chi connectivity index (χ1n) is 7.78. The van der Waals surface area contributed by atoms with Crippen molar-refractivity contribution in [2.45, 2.75) is 12.6 Å². The minimum atomic E-state index is -0.917. The monoisotopic (exact) mass is 343 g/mol. The normalized spacial score (nSPS) is 17.6. The SMILES string of the molecule is O=C(c1ccc2c(c1)ncn2-c1cccc(Cl)c1)N1CCC(F)C1. The minimum absolute atomic E-state index is 0.144. The van der Waals surface area contributed by atoms with E-state index in [0.717, 1.165) is 16.7 Å². The van der Waals surface area contributed by atoms with Gasteiger partial charge in [-0.25, -0.2) is 9.37 Å². The van der Waals surface area contributed by atoms with Crippen LogP contribution < -0.4 is 0 Å². The fourth-order valence-electron chi connectivity index (χ4n) is 3.06. The second-order valence-electron chi connectivity index (χ2n) is 5.94. The molecular weight excluding hydrogens is 329 g/mol. The zero-order valence-corrected chi connectivity index (χ0v) is 13.6. The lowest BCUT2D eigenvalue weighted by Gasteiger charge is -2.15. The summed E-state index contributed by atoms with van der Waals surface area (Å²) >= 11 is 6.05. The van der Waals surface area contributed by atoms with Gasteiger partial charge in [-0.1, -0.05) is 17.7 Å². The highest BCUT2D eigenvalue weighted by atomic mass is 35.5. The molecule has 0 aliphatic carbocycles. The first-order valence-corrected chi connectivity index (χ1v) is 8.16. The maximum Gasteiger partial charge on any atom is 0.254 e. The first-order chi connectivity index (χ1) is 11.6. The maximum atomic E-state index is 13.3. The van der Waals surface area contributed by atoms with Gasteiger partial charge in [-0.2, -0.15) is 0 Å². The number of alkyl halides is 1. The Labute approximate surface area is 143 Å². The number of fused-ring (bicyclic) bond motifs is 1. The predicted octanol–water partition coefficient (Wildman–Crippen LogP) is 3.86. The van der Waals surface area contributed by atoms with Crippen molar-refractivity contribution in [3.63, 3.8) is 0 Å². The number of likely N-dealkylation sites (tertiary alicyclic amines) is 1. The smallest absolute Gasteiger partial charge is 0.254 e. The molecule has 24 heavy (non-hydrogen) atoms. The number of rotatable bonds is 2. The van der Waals surface area contributed by atoms with Crippen LogP contribution in [0.15, 0.2) is 48.8 Å². The third-order valence-electron chi connectivity index (χ3n) is 4.30. The lowest BCUT2D eigenvalue weighted by atomic mass is 10.1. The van der Waals surface area contributed by atoms with Crippen LogP contribution in [0.25, 0.3) is 16.7 Å². The number of hydrogen-bond donors (Lipinski definition) is 0. The van der Waals surface area contributed by atoms with E-state index in [-0.39, 0.29) is 12.5 Å². The summed E-state index contributed by atoms with van der Waals surface area (Å²) in [7, 11) is 0. The van der Waals surface area contributed by atoms with E-state index in [1.54, 1.807) is 23.4 Å². The van der Waals surface area contributed by atoms with Crippen LogP contribution in [0, 0.1) is 0 Å². The third-order valence-corrected chi connectivity index (χ3v) is 4.53. The molecule has 0 bridgehead atoms. The molecular formula is C18H15ClFN3O. The zero-order chi connectivity index (χ0) is 16.7. The summed E-state index contributed by atoms with van der Waals surface area (Å²) in [6.45, 7) is 0.642. The summed E-state index contributed by atoms with van der Waals surface area (Å²) in [4.78, 5) is 18.4. The van der Waals surface area contributed by atoms with E-state index < -0.39 is 6.17 Å². The molecule has 0 radical (unpaired) electrons. The summed E-state index contributed by atoms with van der Waals surface area (Å²) < 4.78 is 15.2. The summed E-state index contributed by atoms with van der Waals surface area (Å²) in [5.74, 6) is -0.144. The van der Waals surface area contributed by atoms with E-state index in [4.69, 9.17) is 11.6 Å². The van der Waals surface area contributed by atoms with Gasteiger partial charge in [0, 0.05) is 22.8 Å². The van der Waals surface area contributed by atoms with Gasteiger partial charge in [-0.15, -0.1) is 0 Å². The molecule has 1 atom stereocenters. The minimum Gasteiger partial charge on any atom is -0.336 e. The van der Waals surface area contributed by atoms with Crippen molar-refractivity contribution in [2.24, 2.45) is 0 Å². The molecule has 1 unspecified atom stereocenters. The summed E-state index contributed by atoms with van der Waals surface area (Å²) in [6, 6.07) is 12.9. The number of hydrogen-bond acceptors (Lipinski definition) is 2. The number of imidazole rings is 1. The molecule has 122 valence electrons. The number of aromatic nitrogens is 2. The Balaban J connectivity index is 1.69. The van der Waals surface area contributed by atoms with Crippen LogP contribution in [0.4, 0.5) is 4.39 Å². The number of carbonyl (C=O) groups is 1. The van der Waals surface area contributed by atoms with E-state index in [0.29, 0.717) is 23.6 Å². The fraction of sp³-hybridized carbons (Fsp3) is 0.222. The Kier molecular flexibility index (Phi) is 3.73. The van der Waals surface area contributed by atoms with Gasteiger partial charge in [0.1, 0.15) is 12.5 Å². The maximum absolute atomic E-state index is 13.3. The van der Waals surface area contributed by atoms with Gasteiger partial charge in [0.2, 0.25) is 0 Å². The number of amides is 1. The van der Waals surface area contributed by atoms with Gasteiger partial charge in [0.25, 0.3) is 5.91 Å². The molecule has 1 aromatic heterocycles. The standard InChI is InChI=1S/C18H15ClFN3O/c19-13-2-1-3-15(9-13)23-11-21-16-8-12(4-5-17(16)23)18(24)22-7-6-14(20)10-22/h1-5,8-9,11,14H,6-7,10H2. The quantitative estimate of drug-likeness (QED) is 0.708. The molecule has 1 aliphatic rings. The molecule has 4 nitrogen and oxygen atoms in total. The Morgan fingerprint density at radius 1 is 1.25 bits per heavy atom. The fourth-order valence-corrected chi connectivity index (χ4v) is 3.25. The van der Waals surface area contributed by atoms with Crippen molar-refractivity contribution in [3.8, 4) is 5.69 Å². The molecule has 1 amide bonds. The second-order valence-corrected chi connectivity index (χ2v) is 6.37. The molecule has 1 saturated heterocycles. The van der Waals surface area contributed by atoms with Crippen LogP contribution in [0.5, 0.6) is 0 Å². The van der Waals surface area contributed by atoms with Gasteiger partial charge in [0.15, 0.2) is 0 Å². The molecule has 1 aliphatic heterocycles. The predicted molar refractivity (Wildman–Crippen MR) is 91.5 cm³/mol. The summed E-state index contributed by atoms with van der Waals surface area (Å²) in [5.41, 5.74) is 3.05. The molecule has 1 fully saturated rings. The topological polar surface area (TPSA) is 38.1 Å². The average molecular weight is 344 g/mol. The van der Waals surface area contributed by atoms with E-state index in [1.807, 2.05) is 34.9 Å². The van der Waals surface area contributed by atoms with Crippen molar-refractivity contribution in [1.29, 1.82) is 0 Å². The van der Waals surface area contributed by atoms with Gasteiger partial charge in [-0.3, -0.25) is 9.36 Å². The van der Waals surface area contributed by atoms with Gasteiger partial charge in [-0.05, 0) is 42.8 Å². The van der Waals surface area contributed by atoms with Gasteiger partial charge >= 0.3 is 0 Å². The molecule has 2 heterocycles. The summed E-state index contributed by atoms with van der Waals surface area (Å²) in [5, 5.41) is 0.649. The third kappa shape index (κ3) is 2.65. The van der Waals surface area contributed by atoms with E-state index in [2.05, 4.69) is 4.98 Å². The number of benzene rings is 2. The molecule has 6 heteroatoms. The van der Waals surface area contributed by atoms with Crippen molar-refractivity contribution >= 4 is 28.5 Å².